The Balaban J connectivity index is 4.22. The van der Waals surface area contributed by atoms with E-state index >= 15 is 0 Å². The van der Waals surface area contributed by atoms with Crippen LogP contribution in [0.5, 0.6) is 0 Å². The fraction of sp³-hybridized carbons (Fsp3) is 1.00. The smallest absolute Gasteiger partial charge is 0.0737 e. The summed E-state index contributed by atoms with van der Waals surface area (Å²) in [4.78, 5) is 0. The summed E-state index contributed by atoms with van der Waals surface area (Å²) >= 11 is 0. The Labute approximate surface area is 124 Å². The Kier molecular flexibility index (Phi) is 10.8. The van der Waals surface area contributed by atoms with Gasteiger partial charge in [0.25, 0.3) is 0 Å². The highest BCUT2D eigenvalue weighted by Gasteiger charge is 2.34. The molecule has 114 valence electrons. The standard InChI is InChI=1S/C18H39B/c1-7-9-11-13-15-19(16-14-12-10-8-2)18(5,6)17(3)4/h17H,7-16H2,1-6H3. The quantitative estimate of drug-likeness (QED) is 0.261. The molecule has 0 saturated heterocycles. The van der Waals surface area contributed by atoms with Crippen LogP contribution in [0.3, 0.4) is 0 Å². The van der Waals surface area contributed by atoms with Crippen molar-refractivity contribution in [2.75, 3.05) is 0 Å². The first-order valence-electron chi connectivity index (χ1n) is 8.96. The van der Waals surface area contributed by atoms with Crippen LogP contribution in [0, 0.1) is 5.92 Å². The molecule has 1 heteroatoms. The fourth-order valence-corrected chi connectivity index (χ4v) is 2.99. The van der Waals surface area contributed by atoms with Gasteiger partial charge in [-0.2, -0.15) is 0 Å². The van der Waals surface area contributed by atoms with Gasteiger partial charge in [0, 0.05) is 0 Å². The van der Waals surface area contributed by atoms with Crippen molar-refractivity contribution >= 4 is 6.71 Å². The second-order valence-electron chi connectivity index (χ2n) is 7.37. The molecular weight excluding hydrogens is 227 g/mol. The van der Waals surface area contributed by atoms with E-state index in [4.69, 9.17) is 0 Å². The molecule has 0 heterocycles. The Bertz CT molecular complexity index is 184. The van der Waals surface area contributed by atoms with E-state index < -0.39 is 0 Å². The maximum atomic E-state index is 2.50. The molecule has 19 heavy (non-hydrogen) atoms. The lowest BCUT2D eigenvalue weighted by atomic mass is 9.28. The molecule has 0 spiro atoms. The minimum Gasteiger partial charge on any atom is -0.0737 e. The topological polar surface area (TPSA) is 0 Å². The van der Waals surface area contributed by atoms with E-state index in [9.17, 15) is 0 Å². The summed E-state index contributed by atoms with van der Waals surface area (Å²) in [6.07, 6.45) is 14.2. The lowest BCUT2D eigenvalue weighted by Gasteiger charge is -2.36. The van der Waals surface area contributed by atoms with E-state index in [1.54, 1.807) is 0 Å². The van der Waals surface area contributed by atoms with E-state index in [1.807, 2.05) is 0 Å². The molecule has 0 aliphatic carbocycles. The van der Waals surface area contributed by atoms with Gasteiger partial charge in [-0.05, 0) is 5.92 Å². The number of unbranched alkanes of at least 4 members (excludes halogenated alkanes) is 6. The van der Waals surface area contributed by atoms with Crippen LogP contribution in [-0.2, 0) is 0 Å². The lowest BCUT2D eigenvalue weighted by molar-refractivity contribution is 0.459. The minimum absolute atomic E-state index is 0.512. The Morgan fingerprint density at radius 3 is 1.47 bits per heavy atom. The normalized spacial score (nSPS) is 12.2. The van der Waals surface area contributed by atoms with Crippen molar-refractivity contribution in [3.8, 4) is 0 Å². The predicted molar refractivity (Wildman–Crippen MR) is 92.5 cm³/mol. The van der Waals surface area contributed by atoms with E-state index in [-0.39, 0.29) is 0 Å². The third-order valence-corrected chi connectivity index (χ3v) is 5.35. The average molecular weight is 266 g/mol. The zero-order chi connectivity index (χ0) is 14.7. The van der Waals surface area contributed by atoms with Crippen LogP contribution in [0.25, 0.3) is 0 Å². The maximum absolute atomic E-state index is 2.50. The molecule has 0 amide bonds. The fourth-order valence-electron chi connectivity index (χ4n) is 2.99. The van der Waals surface area contributed by atoms with E-state index in [2.05, 4.69) is 41.5 Å². The molecule has 0 bridgehead atoms. The van der Waals surface area contributed by atoms with Crippen molar-refractivity contribution in [3.63, 3.8) is 0 Å². The van der Waals surface area contributed by atoms with Gasteiger partial charge < -0.3 is 0 Å². The number of hydrogen-bond acceptors (Lipinski definition) is 0. The van der Waals surface area contributed by atoms with Crippen molar-refractivity contribution in [1.82, 2.24) is 0 Å². The first-order valence-corrected chi connectivity index (χ1v) is 8.96. The SMILES string of the molecule is CCCCCCB(CCCCCC)C(C)(C)C(C)C. The van der Waals surface area contributed by atoms with Gasteiger partial charge in [0.1, 0.15) is 6.71 Å². The second kappa shape index (κ2) is 10.8. The van der Waals surface area contributed by atoms with Crippen LogP contribution in [0.4, 0.5) is 0 Å². The Morgan fingerprint density at radius 1 is 0.737 bits per heavy atom. The zero-order valence-corrected chi connectivity index (χ0v) is 14.7. The molecule has 0 nitrogen and oxygen atoms in total. The molecule has 0 aromatic carbocycles. The molecular formula is C18H39B. The molecule has 0 aromatic heterocycles. The molecule has 0 aliphatic heterocycles. The summed E-state index contributed by atoms with van der Waals surface area (Å²) in [5.41, 5.74) is 0. The zero-order valence-electron chi connectivity index (χ0n) is 14.7. The first kappa shape index (κ1) is 19.1. The van der Waals surface area contributed by atoms with Crippen LogP contribution in [-0.4, -0.2) is 6.71 Å². The van der Waals surface area contributed by atoms with Crippen molar-refractivity contribution in [2.24, 2.45) is 5.92 Å². The van der Waals surface area contributed by atoms with Gasteiger partial charge in [-0.3, -0.25) is 0 Å². The van der Waals surface area contributed by atoms with Gasteiger partial charge in [0.15, 0.2) is 0 Å². The van der Waals surface area contributed by atoms with E-state index in [0.717, 1.165) is 12.6 Å². The van der Waals surface area contributed by atoms with Gasteiger partial charge in [-0.25, -0.2) is 0 Å². The molecule has 0 atom stereocenters. The molecule has 0 rings (SSSR count). The minimum atomic E-state index is 0.512. The second-order valence-corrected chi connectivity index (χ2v) is 7.37. The lowest BCUT2D eigenvalue weighted by Crippen LogP contribution is -2.32. The van der Waals surface area contributed by atoms with Gasteiger partial charge in [0.05, 0.1) is 0 Å². The monoisotopic (exact) mass is 266 g/mol. The Hall–Kier alpha value is 0.0649. The number of rotatable bonds is 12. The maximum Gasteiger partial charge on any atom is 0.146 e. The highest BCUT2D eigenvalue weighted by atomic mass is 14.2. The molecule has 0 N–H and O–H groups in total. The first-order chi connectivity index (χ1) is 8.96. The number of hydrogen-bond donors (Lipinski definition) is 0. The van der Waals surface area contributed by atoms with Crippen molar-refractivity contribution in [3.05, 3.63) is 0 Å². The summed E-state index contributed by atoms with van der Waals surface area (Å²) in [6.45, 7) is 15.4. The molecule has 0 fully saturated rings. The molecule has 0 aliphatic rings. The van der Waals surface area contributed by atoms with Crippen LogP contribution in [0.2, 0.25) is 18.0 Å². The van der Waals surface area contributed by atoms with Gasteiger partial charge in [-0.15, -0.1) is 0 Å². The van der Waals surface area contributed by atoms with Crippen molar-refractivity contribution in [2.45, 2.75) is 111 Å². The highest BCUT2D eigenvalue weighted by molar-refractivity contribution is 6.62. The molecule has 0 radical (unpaired) electrons. The van der Waals surface area contributed by atoms with Crippen LogP contribution in [0.15, 0.2) is 0 Å². The Morgan fingerprint density at radius 2 is 1.16 bits per heavy atom. The van der Waals surface area contributed by atoms with E-state index in [1.165, 1.54) is 64.0 Å². The summed E-state index contributed by atoms with van der Waals surface area (Å²) in [5.74, 6) is 0.801. The van der Waals surface area contributed by atoms with Crippen molar-refractivity contribution in [1.29, 1.82) is 0 Å². The summed E-state index contributed by atoms with van der Waals surface area (Å²) in [7, 11) is 0. The van der Waals surface area contributed by atoms with Crippen molar-refractivity contribution < 1.29 is 0 Å². The van der Waals surface area contributed by atoms with Crippen LogP contribution >= 0.6 is 0 Å². The van der Waals surface area contributed by atoms with Gasteiger partial charge >= 0.3 is 0 Å². The molecule has 0 unspecified atom stereocenters. The predicted octanol–water partition coefficient (Wildman–Crippen LogP) is 7.08. The molecule has 0 aromatic rings. The average Bonchev–Trinajstić information content (AvgIpc) is 2.36. The molecule has 0 saturated carbocycles. The summed E-state index contributed by atoms with van der Waals surface area (Å²) in [6, 6.07) is 0. The third-order valence-electron chi connectivity index (χ3n) is 5.35. The summed E-state index contributed by atoms with van der Waals surface area (Å²) in [5, 5.41) is 0.512. The summed E-state index contributed by atoms with van der Waals surface area (Å²) < 4.78 is 0. The van der Waals surface area contributed by atoms with Gasteiger partial charge in [-0.1, -0.05) is 111 Å². The van der Waals surface area contributed by atoms with E-state index in [0.29, 0.717) is 5.31 Å². The van der Waals surface area contributed by atoms with Gasteiger partial charge in [0.2, 0.25) is 0 Å². The largest absolute Gasteiger partial charge is 0.146 e. The third kappa shape index (κ3) is 8.05. The van der Waals surface area contributed by atoms with Crippen LogP contribution < -0.4 is 0 Å². The van der Waals surface area contributed by atoms with Crippen LogP contribution in [0.1, 0.15) is 92.9 Å². The highest BCUT2D eigenvalue weighted by Crippen LogP contribution is 2.42.